The van der Waals surface area contributed by atoms with Gasteiger partial charge in [0.15, 0.2) is 11.5 Å². The van der Waals surface area contributed by atoms with Gasteiger partial charge in [0.2, 0.25) is 0 Å². The van der Waals surface area contributed by atoms with E-state index in [4.69, 9.17) is 0 Å². The van der Waals surface area contributed by atoms with Gasteiger partial charge in [0.05, 0.1) is 6.10 Å². The highest BCUT2D eigenvalue weighted by Gasteiger charge is 2.54. The van der Waals surface area contributed by atoms with Crippen LogP contribution in [0.5, 0.6) is 11.5 Å². The van der Waals surface area contributed by atoms with E-state index in [1.165, 1.54) is 6.07 Å². The lowest BCUT2D eigenvalue weighted by atomic mass is 9.55. The number of hydrogen-bond donors (Lipinski definition) is 2. The van der Waals surface area contributed by atoms with Gasteiger partial charge in [-0.15, -0.1) is 0 Å². The van der Waals surface area contributed by atoms with Crippen LogP contribution in [0.2, 0.25) is 0 Å². The summed E-state index contributed by atoms with van der Waals surface area (Å²) in [7, 11) is -4.91. The van der Waals surface area contributed by atoms with Crippen LogP contribution >= 0.6 is 0 Å². The van der Waals surface area contributed by atoms with E-state index in [0.717, 1.165) is 49.7 Å². The van der Waals surface area contributed by atoms with E-state index in [1.54, 1.807) is 6.07 Å². The van der Waals surface area contributed by atoms with Gasteiger partial charge in [-0.25, -0.2) is 8.42 Å². The van der Waals surface area contributed by atoms with Crippen molar-refractivity contribution in [2.45, 2.75) is 57.5 Å². The topological polar surface area (TPSA) is 107 Å². The first-order chi connectivity index (χ1) is 11.7. The second-order valence-corrected chi connectivity index (χ2v) is 9.05. The fourth-order valence-electron chi connectivity index (χ4n) is 5.74. The molecule has 1 aromatic rings. The molecule has 0 amide bonds. The maximum atomic E-state index is 10.8. The zero-order valence-electron chi connectivity index (χ0n) is 14.1. The van der Waals surface area contributed by atoms with Gasteiger partial charge in [0, 0.05) is 0 Å². The summed E-state index contributed by atoms with van der Waals surface area (Å²) >= 11 is 0. The van der Waals surface area contributed by atoms with Crippen molar-refractivity contribution in [1.82, 2.24) is 0 Å². The van der Waals surface area contributed by atoms with Gasteiger partial charge >= 0.3 is 0 Å². The highest BCUT2D eigenvalue weighted by molar-refractivity contribution is 7.81. The highest BCUT2D eigenvalue weighted by Crippen LogP contribution is 2.61. The Balaban J connectivity index is 1.68. The average molecular weight is 367 g/mol. The molecule has 2 saturated carbocycles. The fraction of sp³-hybridized carbons (Fsp3) is 0.667. The predicted octanol–water partition coefficient (Wildman–Crippen LogP) is 2.45. The Bertz CT molecular complexity index is 804. The summed E-state index contributed by atoms with van der Waals surface area (Å²) in [5.41, 5.74) is 1.97. The third-order valence-corrected chi connectivity index (χ3v) is 7.33. The number of aliphatic hydroxyl groups is 1. The van der Waals surface area contributed by atoms with Crippen molar-refractivity contribution in [1.29, 1.82) is 0 Å². The Morgan fingerprint density at radius 2 is 2.00 bits per heavy atom. The lowest BCUT2D eigenvalue weighted by Gasteiger charge is -2.50. The summed E-state index contributed by atoms with van der Waals surface area (Å²) in [6.07, 6.45) is 5.29. The van der Waals surface area contributed by atoms with Crippen LogP contribution in [0.1, 0.15) is 56.1 Å². The zero-order valence-corrected chi connectivity index (χ0v) is 15.0. The van der Waals surface area contributed by atoms with E-state index in [9.17, 15) is 23.2 Å². The molecule has 2 N–H and O–H groups in total. The molecular formula is C18H23O6S-. The number of aryl methyl sites for hydroxylation is 1. The molecule has 0 aromatic heterocycles. The first-order valence-electron chi connectivity index (χ1n) is 8.88. The Hall–Kier alpha value is -1.31. The van der Waals surface area contributed by atoms with Crippen molar-refractivity contribution < 1.29 is 27.4 Å². The Kier molecular flexibility index (Phi) is 3.83. The van der Waals surface area contributed by atoms with Crippen molar-refractivity contribution >= 4 is 10.4 Å². The number of aliphatic hydroxyl groups excluding tert-OH is 1. The molecular weight excluding hydrogens is 344 g/mol. The number of rotatable bonds is 2. The van der Waals surface area contributed by atoms with Crippen LogP contribution in [-0.2, 0) is 16.8 Å². The number of aromatic hydroxyl groups is 1. The van der Waals surface area contributed by atoms with Crippen LogP contribution in [0.3, 0.4) is 0 Å². The number of phenolic OH excluding ortho intramolecular Hbond substituents is 1. The van der Waals surface area contributed by atoms with Gasteiger partial charge in [-0.3, -0.25) is 0 Å². The zero-order chi connectivity index (χ0) is 18.0. The molecule has 5 atom stereocenters. The second kappa shape index (κ2) is 5.59. The van der Waals surface area contributed by atoms with E-state index in [0.29, 0.717) is 17.8 Å². The minimum absolute atomic E-state index is 0.0135. The van der Waals surface area contributed by atoms with E-state index >= 15 is 0 Å². The summed E-state index contributed by atoms with van der Waals surface area (Å²) in [5.74, 6) is 0.658. The SMILES string of the molecule is C[C@]12CC[C@@H]3c4cc(O)c(OS(=O)(=O)[O-])cc4CC[C@H]3[C@@H]1CC[C@@H]2O. The molecule has 0 radical (unpaired) electrons. The predicted molar refractivity (Wildman–Crippen MR) is 89.1 cm³/mol. The van der Waals surface area contributed by atoms with E-state index in [2.05, 4.69) is 11.1 Å². The van der Waals surface area contributed by atoms with Gasteiger partial charge in [-0.1, -0.05) is 6.92 Å². The van der Waals surface area contributed by atoms with Gasteiger partial charge < -0.3 is 18.9 Å². The van der Waals surface area contributed by atoms with Gasteiger partial charge in [-0.05, 0) is 85.0 Å². The Morgan fingerprint density at radius 3 is 2.72 bits per heavy atom. The number of phenols is 1. The minimum atomic E-state index is -4.91. The summed E-state index contributed by atoms with van der Waals surface area (Å²) in [6.45, 7) is 2.20. The summed E-state index contributed by atoms with van der Waals surface area (Å²) in [6, 6.07) is 3.06. The van der Waals surface area contributed by atoms with Crippen LogP contribution in [0.4, 0.5) is 0 Å². The van der Waals surface area contributed by atoms with E-state index < -0.39 is 10.4 Å². The van der Waals surface area contributed by atoms with Crippen LogP contribution in [0, 0.1) is 17.3 Å². The molecule has 3 aliphatic rings. The standard InChI is InChI=1S/C18H24O6S/c1-18-7-6-11-12(14(18)4-5-17(18)20)3-2-10-8-16(24-25(21,22)23)15(19)9-13(10)11/h8-9,11-12,14,17,19-20H,2-7H2,1H3,(H,21,22,23)/p-1/t11-,12+,14-,17-,18-/m0/s1. The van der Waals surface area contributed by atoms with Gasteiger partial charge in [0.1, 0.15) is 0 Å². The molecule has 2 fully saturated rings. The third-order valence-electron chi connectivity index (χ3n) is 6.95. The minimum Gasteiger partial charge on any atom is -0.716 e. The van der Waals surface area contributed by atoms with Crippen LogP contribution in [-0.4, -0.2) is 29.3 Å². The first kappa shape index (κ1) is 17.1. The van der Waals surface area contributed by atoms with Crippen LogP contribution in [0.25, 0.3) is 0 Å². The van der Waals surface area contributed by atoms with Crippen LogP contribution < -0.4 is 4.18 Å². The second-order valence-electron chi connectivity index (χ2n) is 8.06. The lowest BCUT2D eigenvalue weighted by Crippen LogP contribution is -2.43. The molecule has 7 heteroatoms. The molecule has 0 bridgehead atoms. The number of benzene rings is 1. The Labute approximate surface area is 147 Å². The van der Waals surface area contributed by atoms with E-state index in [-0.39, 0.29) is 23.0 Å². The molecule has 138 valence electrons. The molecule has 25 heavy (non-hydrogen) atoms. The highest BCUT2D eigenvalue weighted by atomic mass is 32.3. The van der Waals surface area contributed by atoms with E-state index in [1.807, 2.05) is 0 Å². The molecule has 0 heterocycles. The maximum Gasteiger partial charge on any atom is 0.262 e. The monoisotopic (exact) mass is 367 g/mol. The normalized spacial score (nSPS) is 37.1. The lowest BCUT2D eigenvalue weighted by molar-refractivity contribution is -0.0226. The fourth-order valence-corrected chi connectivity index (χ4v) is 6.09. The molecule has 0 aliphatic heterocycles. The molecule has 0 saturated heterocycles. The van der Waals surface area contributed by atoms with Crippen molar-refractivity contribution in [2.75, 3.05) is 0 Å². The van der Waals surface area contributed by atoms with Crippen molar-refractivity contribution in [3.05, 3.63) is 23.3 Å². The van der Waals surface area contributed by atoms with Crippen molar-refractivity contribution in [2.24, 2.45) is 17.3 Å². The molecule has 6 nitrogen and oxygen atoms in total. The van der Waals surface area contributed by atoms with Crippen molar-refractivity contribution in [3.63, 3.8) is 0 Å². The molecule has 0 unspecified atom stereocenters. The van der Waals surface area contributed by atoms with Gasteiger partial charge in [0.25, 0.3) is 10.4 Å². The first-order valence-corrected chi connectivity index (χ1v) is 10.2. The molecule has 4 rings (SSSR count). The quantitative estimate of drug-likeness (QED) is 0.614. The molecule has 1 aromatic carbocycles. The number of hydrogen-bond acceptors (Lipinski definition) is 6. The summed E-state index contributed by atoms with van der Waals surface area (Å²) in [5, 5.41) is 20.5. The average Bonchev–Trinajstić information content (AvgIpc) is 2.82. The summed E-state index contributed by atoms with van der Waals surface area (Å²) in [4.78, 5) is 0. The summed E-state index contributed by atoms with van der Waals surface area (Å²) < 4.78 is 36.9. The number of fused-ring (bicyclic) bond motifs is 5. The van der Waals surface area contributed by atoms with Crippen LogP contribution in [0.15, 0.2) is 12.1 Å². The van der Waals surface area contributed by atoms with Crippen molar-refractivity contribution in [3.8, 4) is 11.5 Å². The Morgan fingerprint density at radius 1 is 1.24 bits per heavy atom. The molecule has 0 spiro atoms. The maximum absolute atomic E-state index is 10.8. The molecule has 3 aliphatic carbocycles. The smallest absolute Gasteiger partial charge is 0.262 e. The van der Waals surface area contributed by atoms with Gasteiger partial charge in [-0.2, -0.15) is 0 Å². The largest absolute Gasteiger partial charge is 0.716 e. The third kappa shape index (κ3) is 2.73.